The Balaban J connectivity index is 2.29. The first-order valence-corrected chi connectivity index (χ1v) is 10.7. The van der Waals surface area contributed by atoms with Crippen LogP contribution in [0.15, 0.2) is 36.4 Å². The highest BCUT2D eigenvalue weighted by molar-refractivity contribution is 7.90. The second kappa shape index (κ2) is 8.92. The van der Waals surface area contributed by atoms with Crippen LogP contribution in [0.2, 0.25) is 0 Å². The maximum absolute atomic E-state index is 14.3. The standard InChI is InChI=1S/C21H28FN3O3S/c1-14-11-16(3)18(12-15(14)2)17(4)23-21(26)13-25(29(27,28)24(5)6)20-10-8-7-9-19(20)22/h7-12,17H,13H2,1-6H3,(H,23,26)/t17-/m0/s1. The highest BCUT2D eigenvalue weighted by Gasteiger charge is 2.29. The van der Waals surface area contributed by atoms with Gasteiger partial charge in [-0.2, -0.15) is 12.7 Å². The van der Waals surface area contributed by atoms with E-state index in [-0.39, 0.29) is 11.7 Å². The fourth-order valence-electron chi connectivity index (χ4n) is 3.09. The van der Waals surface area contributed by atoms with Gasteiger partial charge in [0.1, 0.15) is 12.4 Å². The normalized spacial score (nSPS) is 12.7. The molecular formula is C21H28FN3O3S. The van der Waals surface area contributed by atoms with Gasteiger partial charge in [-0.05, 0) is 62.1 Å². The first-order chi connectivity index (χ1) is 13.4. The van der Waals surface area contributed by atoms with Crippen LogP contribution in [-0.4, -0.2) is 39.3 Å². The average molecular weight is 422 g/mol. The molecular weight excluding hydrogens is 393 g/mol. The van der Waals surface area contributed by atoms with E-state index in [4.69, 9.17) is 0 Å². The third kappa shape index (κ3) is 5.13. The lowest BCUT2D eigenvalue weighted by Gasteiger charge is -2.28. The monoisotopic (exact) mass is 421 g/mol. The van der Waals surface area contributed by atoms with Gasteiger partial charge in [0.15, 0.2) is 0 Å². The molecule has 158 valence electrons. The number of rotatable bonds is 7. The van der Waals surface area contributed by atoms with Crippen molar-refractivity contribution in [1.29, 1.82) is 0 Å². The van der Waals surface area contributed by atoms with Gasteiger partial charge in [0, 0.05) is 14.1 Å². The number of para-hydroxylation sites is 1. The minimum absolute atomic E-state index is 0.175. The third-order valence-electron chi connectivity index (χ3n) is 4.87. The molecule has 1 amide bonds. The van der Waals surface area contributed by atoms with Crippen LogP contribution < -0.4 is 9.62 Å². The molecule has 0 aliphatic heterocycles. The molecule has 0 aromatic heterocycles. The molecule has 0 aliphatic rings. The van der Waals surface area contributed by atoms with E-state index in [1.807, 2.05) is 33.8 Å². The molecule has 0 unspecified atom stereocenters. The van der Waals surface area contributed by atoms with Crippen LogP contribution in [0.1, 0.15) is 35.2 Å². The van der Waals surface area contributed by atoms with Crippen molar-refractivity contribution in [2.45, 2.75) is 33.7 Å². The average Bonchev–Trinajstić information content (AvgIpc) is 2.63. The highest BCUT2D eigenvalue weighted by Crippen LogP contribution is 2.24. The zero-order chi connectivity index (χ0) is 21.9. The van der Waals surface area contributed by atoms with Crippen molar-refractivity contribution in [2.24, 2.45) is 0 Å². The number of nitrogens with zero attached hydrogens (tertiary/aromatic N) is 2. The van der Waals surface area contributed by atoms with E-state index in [0.29, 0.717) is 0 Å². The molecule has 2 aromatic carbocycles. The van der Waals surface area contributed by atoms with E-state index in [1.165, 1.54) is 32.3 Å². The molecule has 0 aliphatic carbocycles. The Morgan fingerprint density at radius 3 is 2.24 bits per heavy atom. The second-order valence-electron chi connectivity index (χ2n) is 7.33. The largest absolute Gasteiger partial charge is 0.348 e. The summed E-state index contributed by atoms with van der Waals surface area (Å²) in [6.07, 6.45) is 0. The molecule has 0 radical (unpaired) electrons. The molecule has 2 rings (SSSR count). The lowest BCUT2D eigenvalue weighted by atomic mass is 9.96. The van der Waals surface area contributed by atoms with E-state index < -0.39 is 28.5 Å². The molecule has 8 heteroatoms. The van der Waals surface area contributed by atoms with Crippen LogP contribution in [0.4, 0.5) is 10.1 Å². The van der Waals surface area contributed by atoms with Gasteiger partial charge in [-0.15, -0.1) is 0 Å². The quantitative estimate of drug-likeness (QED) is 0.746. The van der Waals surface area contributed by atoms with Crippen molar-refractivity contribution in [3.8, 4) is 0 Å². The Bertz CT molecular complexity index is 1010. The van der Waals surface area contributed by atoms with E-state index in [0.717, 1.165) is 36.9 Å². The fourth-order valence-corrected chi connectivity index (χ4v) is 4.16. The summed E-state index contributed by atoms with van der Waals surface area (Å²) in [5.41, 5.74) is 4.08. The molecule has 0 bridgehead atoms. The molecule has 0 heterocycles. The smallest absolute Gasteiger partial charge is 0.304 e. The third-order valence-corrected chi connectivity index (χ3v) is 6.68. The summed E-state index contributed by atoms with van der Waals surface area (Å²) in [5, 5.41) is 2.83. The summed E-state index contributed by atoms with van der Waals surface area (Å²) in [6, 6.07) is 9.22. The Kier molecular flexibility index (Phi) is 7.02. The molecule has 6 nitrogen and oxygen atoms in total. The predicted octanol–water partition coefficient (Wildman–Crippen LogP) is 3.24. The van der Waals surface area contributed by atoms with Gasteiger partial charge in [-0.1, -0.05) is 24.3 Å². The Morgan fingerprint density at radius 1 is 1.07 bits per heavy atom. The molecule has 2 aromatic rings. The van der Waals surface area contributed by atoms with Crippen LogP contribution in [0, 0.1) is 26.6 Å². The van der Waals surface area contributed by atoms with Gasteiger partial charge >= 0.3 is 10.2 Å². The summed E-state index contributed by atoms with van der Waals surface area (Å²) in [7, 11) is -1.39. The SMILES string of the molecule is Cc1cc(C)c([C@H](C)NC(=O)CN(c2ccccc2F)S(=O)(=O)N(C)C)cc1C. The van der Waals surface area contributed by atoms with Crippen molar-refractivity contribution >= 4 is 21.8 Å². The topological polar surface area (TPSA) is 69.7 Å². The summed E-state index contributed by atoms with van der Waals surface area (Å²) >= 11 is 0. The first kappa shape index (κ1) is 22.8. The number of anilines is 1. The van der Waals surface area contributed by atoms with Gasteiger partial charge in [0.2, 0.25) is 5.91 Å². The van der Waals surface area contributed by atoms with Crippen molar-refractivity contribution in [1.82, 2.24) is 9.62 Å². The van der Waals surface area contributed by atoms with Gasteiger partial charge in [-0.25, -0.2) is 8.70 Å². The lowest BCUT2D eigenvalue weighted by molar-refractivity contribution is -0.120. The van der Waals surface area contributed by atoms with Crippen LogP contribution in [0.25, 0.3) is 0 Å². The minimum Gasteiger partial charge on any atom is -0.348 e. The van der Waals surface area contributed by atoms with Crippen LogP contribution >= 0.6 is 0 Å². The second-order valence-corrected chi connectivity index (χ2v) is 9.40. The molecule has 0 fully saturated rings. The van der Waals surface area contributed by atoms with Crippen LogP contribution in [0.3, 0.4) is 0 Å². The number of hydrogen-bond donors (Lipinski definition) is 1. The first-order valence-electron chi connectivity index (χ1n) is 9.27. The number of aryl methyl sites for hydroxylation is 3. The summed E-state index contributed by atoms with van der Waals surface area (Å²) in [5.74, 6) is -1.24. The number of halogens is 1. The number of nitrogens with one attached hydrogen (secondary N) is 1. The van der Waals surface area contributed by atoms with Crippen molar-refractivity contribution < 1.29 is 17.6 Å². The zero-order valence-electron chi connectivity index (χ0n) is 17.7. The van der Waals surface area contributed by atoms with Crippen LogP contribution in [0.5, 0.6) is 0 Å². The predicted molar refractivity (Wildman–Crippen MR) is 114 cm³/mol. The maximum Gasteiger partial charge on any atom is 0.304 e. The van der Waals surface area contributed by atoms with Gasteiger partial charge in [0.25, 0.3) is 0 Å². The van der Waals surface area contributed by atoms with Gasteiger partial charge in [-0.3, -0.25) is 4.79 Å². The number of amides is 1. The number of hydrogen-bond acceptors (Lipinski definition) is 3. The van der Waals surface area contributed by atoms with Crippen molar-refractivity contribution in [3.63, 3.8) is 0 Å². The molecule has 0 spiro atoms. The van der Waals surface area contributed by atoms with Crippen molar-refractivity contribution in [3.05, 3.63) is 64.5 Å². The zero-order valence-corrected chi connectivity index (χ0v) is 18.5. The van der Waals surface area contributed by atoms with Gasteiger partial charge in [0.05, 0.1) is 11.7 Å². The number of carbonyl (C=O) groups excluding carboxylic acids is 1. The number of benzene rings is 2. The maximum atomic E-state index is 14.3. The van der Waals surface area contributed by atoms with E-state index in [1.54, 1.807) is 0 Å². The molecule has 29 heavy (non-hydrogen) atoms. The summed E-state index contributed by atoms with van der Waals surface area (Å²) in [6.45, 7) is 7.29. The Hall–Kier alpha value is -2.45. The van der Waals surface area contributed by atoms with Crippen molar-refractivity contribution in [2.75, 3.05) is 24.9 Å². The van der Waals surface area contributed by atoms with E-state index in [2.05, 4.69) is 11.4 Å². The Labute approximate surface area is 172 Å². The Morgan fingerprint density at radius 2 is 1.66 bits per heavy atom. The van der Waals surface area contributed by atoms with E-state index >= 15 is 0 Å². The number of carbonyl (C=O) groups is 1. The molecule has 1 atom stereocenters. The van der Waals surface area contributed by atoms with Gasteiger partial charge < -0.3 is 5.32 Å². The fraction of sp³-hybridized carbons (Fsp3) is 0.381. The molecule has 0 saturated carbocycles. The highest BCUT2D eigenvalue weighted by atomic mass is 32.2. The lowest BCUT2D eigenvalue weighted by Crippen LogP contribution is -2.46. The van der Waals surface area contributed by atoms with E-state index in [9.17, 15) is 17.6 Å². The minimum atomic E-state index is -4.06. The van der Waals surface area contributed by atoms with Crippen LogP contribution in [-0.2, 0) is 15.0 Å². The summed E-state index contributed by atoms with van der Waals surface area (Å²) < 4.78 is 41.4. The molecule has 1 N–H and O–H groups in total. The summed E-state index contributed by atoms with van der Waals surface area (Å²) in [4.78, 5) is 12.7. The molecule has 0 saturated heterocycles.